The summed E-state index contributed by atoms with van der Waals surface area (Å²) < 4.78 is 5.32. The zero-order valence-electron chi connectivity index (χ0n) is 8.58. The van der Waals surface area contributed by atoms with Crippen LogP contribution in [-0.4, -0.2) is 37.1 Å². The van der Waals surface area contributed by atoms with Crippen LogP contribution in [-0.2, 0) is 9.53 Å². The van der Waals surface area contributed by atoms with Crippen LogP contribution in [0.15, 0.2) is 0 Å². The second-order valence-corrected chi connectivity index (χ2v) is 3.62. The smallest absolute Gasteiger partial charge is 0.251 e. The monoisotopic (exact) mass is 185 g/mol. The number of ether oxygens (including phenoxy) is 1. The molecular weight excluding hydrogens is 166 g/mol. The molecule has 1 amide bonds. The Morgan fingerprint density at radius 2 is 2.38 bits per heavy atom. The van der Waals surface area contributed by atoms with Crippen LogP contribution in [0.25, 0.3) is 0 Å². The summed E-state index contributed by atoms with van der Waals surface area (Å²) in [6.07, 6.45) is 3.98. The molecule has 3 nitrogen and oxygen atoms in total. The second kappa shape index (κ2) is 5.22. The SMILES string of the molecule is CCCCN(C)C(=O)C1CCCO1. The van der Waals surface area contributed by atoms with Gasteiger partial charge in [0, 0.05) is 20.2 Å². The zero-order valence-corrected chi connectivity index (χ0v) is 8.58. The topological polar surface area (TPSA) is 29.5 Å². The Morgan fingerprint density at radius 3 is 2.92 bits per heavy atom. The van der Waals surface area contributed by atoms with Gasteiger partial charge in [-0.3, -0.25) is 4.79 Å². The van der Waals surface area contributed by atoms with Crippen LogP contribution in [0.2, 0.25) is 0 Å². The molecule has 0 radical (unpaired) electrons. The van der Waals surface area contributed by atoms with Crippen molar-refractivity contribution in [1.82, 2.24) is 4.90 Å². The summed E-state index contributed by atoms with van der Waals surface area (Å²) in [4.78, 5) is 13.4. The lowest BCUT2D eigenvalue weighted by atomic mass is 10.2. The fraction of sp³-hybridized carbons (Fsp3) is 0.900. The van der Waals surface area contributed by atoms with E-state index in [9.17, 15) is 4.79 Å². The number of hydrogen-bond acceptors (Lipinski definition) is 2. The van der Waals surface area contributed by atoms with Gasteiger partial charge in [0.15, 0.2) is 0 Å². The van der Waals surface area contributed by atoms with E-state index in [4.69, 9.17) is 4.74 Å². The molecule has 0 aromatic heterocycles. The van der Waals surface area contributed by atoms with Crippen molar-refractivity contribution in [1.29, 1.82) is 0 Å². The highest BCUT2D eigenvalue weighted by Gasteiger charge is 2.25. The fourth-order valence-electron chi connectivity index (χ4n) is 1.52. The van der Waals surface area contributed by atoms with E-state index >= 15 is 0 Å². The maximum Gasteiger partial charge on any atom is 0.251 e. The Morgan fingerprint density at radius 1 is 1.62 bits per heavy atom. The van der Waals surface area contributed by atoms with Crippen molar-refractivity contribution < 1.29 is 9.53 Å². The summed E-state index contributed by atoms with van der Waals surface area (Å²) in [5, 5.41) is 0. The minimum absolute atomic E-state index is 0.151. The van der Waals surface area contributed by atoms with E-state index in [2.05, 4.69) is 6.92 Å². The van der Waals surface area contributed by atoms with E-state index in [-0.39, 0.29) is 12.0 Å². The van der Waals surface area contributed by atoms with Crippen LogP contribution in [0, 0.1) is 0 Å². The summed E-state index contributed by atoms with van der Waals surface area (Å²) in [5.74, 6) is 0.158. The van der Waals surface area contributed by atoms with Crippen molar-refractivity contribution in [3.8, 4) is 0 Å². The average Bonchev–Trinajstić information content (AvgIpc) is 2.65. The lowest BCUT2D eigenvalue weighted by Gasteiger charge is -2.20. The van der Waals surface area contributed by atoms with Crippen molar-refractivity contribution in [3.05, 3.63) is 0 Å². The number of nitrogens with zero attached hydrogens (tertiary/aromatic N) is 1. The van der Waals surface area contributed by atoms with Gasteiger partial charge in [0.2, 0.25) is 0 Å². The summed E-state index contributed by atoms with van der Waals surface area (Å²) >= 11 is 0. The molecule has 1 heterocycles. The molecular formula is C10H19NO2. The van der Waals surface area contributed by atoms with Gasteiger partial charge in [0.05, 0.1) is 0 Å². The Bertz CT molecular complexity index is 164. The van der Waals surface area contributed by atoms with Gasteiger partial charge in [-0.1, -0.05) is 13.3 Å². The lowest BCUT2D eigenvalue weighted by Crippen LogP contribution is -2.36. The number of unbranched alkanes of at least 4 members (excludes halogenated alkanes) is 1. The second-order valence-electron chi connectivity index (χ2n) is 3.62. The molecule has 0 aromatic carbocycles. The van der Waals surface area contributed by atoms with Crippen LogP contribution in [0.4, 0.5) is 0 Å². The number of likely N-dealkylation sites (N-methyl/N-ethyl adjacent to an activating group) is 1. The van der Waals surface area contributed by atoms with Crippen molar-refractivity contribution in [2.45, 2.75) is 38.7 Å². The predicted octanol–water partition coefficient (Wildman–Crippen LogP) is 1.42. The van der Waals surface area contributed by atoms with E-state index in [1.165, 1.54) is 0 Å². The summed E-state index contributed by atoms with van der Waals surface area (Å²) in [6, 6.07) is 0. The quantitative estimate of drug-likeness (QED) is 0.663. The van der Waals surface area contributed by atoms with Crippen LogP contribution in [0.3, 0.4) is 0 Å². The number of carbonyl (C=O) groups is 1. The highest BCUT2D eigenvalue weighted by atomic mass is 16.5. The third kappa shape index (κ3) is 2.99. The highest BCUT2D eigenvalue weighted by Crippen LogP contribution is 2.14. The molecule has 0 saturated carbocycles. The molecule has 13 heavy (non-hydrogen) atoms. The van der Waals surface area contributed by atoms with Gasteiger partial charge in [0.1, 0.15) is 6.10 Å². The van der Waals surface area contributed by atoms with E-state index in [1.54, 1.807) is 4.90 Å². The Balaban J connectivity index is 2.28. The molecule has 1 unspecified atom stereocenters. The number of amides is 1. The van der Waals surface area contributed by atoms with Crippen LogP contribution in [0.5, 0.6) is 0 Å². The van der Waals surface area contributed by atoms with Crippen molar-refractivity contribution in [2.75, 3.05) is 20.2 Å². The first-order valence-electron chi connectivity index (χ1n) is 5.12. The first kappa shape index (κ1) is 10.5. The van der Waals surface area contributed by atoms with E-state index in [0.717, 1.165) is 38.8 Å². The van der Waals surface area contributed by atoms with Crippen LogP contribution < -0.4 is 0 Å². The zero-order chi connectivity index (χ0) is 9.68. The molecule has 1 atom stereocenters. The third-order valence-electron chi connectivity index (χ3n) is 2.43. The maximum absolute atomic E-state index is 11.7. The molecule has 1 fully saturated rings. The Hall–Kier alpha value is -0.570. The molecule has 1 aliphatic rings. The number of rotatable bonds is 4. The van der Waals surface area contributed by atoms with Gasteiger partial charge in [-0.2, -0.15) is 0 Å². The predicted molar refractivity (Wildman–Crippen MR) is 51.5 cm³/mol. The summed E-state index contributed by atoms with van der Waals surface area (Å²) in [6.45, 7) is 3.73. The van der Waals surface area contributed by atoms with Gasteiger partial charge < -0.3 is 9.64 Å². The van der Waals surface area contributed by atoms with Gasteiger partial charge >= 0.3 is 0 Å². The standard InChI is InChI=1S/C10H19NO2/c1-3-4-7-11(2)10(12)9-6-5-8-13-9/h9H,3-8H2,1-2H3. The van der Waals surface area contributed by atoms with E-state index in [1.807, 2.05) is 7.05 Å². The minimum Gasteiger partial charge on any atom is -0.368 e. The molecule has 1 saturated heterocycles. The molecule has 0 aromatic rings. The fourth-order valence-corrected chi connectivity index (χ4v) is 1.52. The first-order chi connectivity index (χ1) is 6.25. The third-order valence-corrected chi connectivity index (χ3v) is 2.43. The molecule has 1 rings (SSSR count). The van der Waals surface area contributed by atoms with Crippen molar-refractivity contribution >= 4 is 5.91 Å². The highest BCUT2D eigenvalue weighted by molar-refractivity contribution is 5.80. The lowest BCUT2D eigenvalue weighted by molar-refractivity contribution is -0.139. The molecule has 76 valence electrons. The molecule has 0 N–H and O–H groups in total. The number of carbonyl (C=O) groups excluding carboxylic acids is 1. The molecule has 0 spiro atoms. The van der Waals surface area contributed by atoms with Gasteiger partial charge in [0.25, 0.3) is 5.91 Å². The van der Waals surface area contributed by atoms with Gasteiger partial charge in [-0.25, -0.2) is 0 Å². The van der Waals surface area contributed by atoms with Crippen molar-refractivity contribution in [3.63, 3.8) is 0 Å². The number of hydrogen-bond donors (Lipinski definition) is 0. The first-order valence-corrected chi connectivity index (χ1v) is 5.12. The Labute approximate surface area is 80.1 Å². The summed E-state index contributed by atoms with van der Waals surface area (Å²) in [5.41, 5.74) is 0. The van der Waals surface area contributed by atoms with E-state index in [0.29, 0.717) is 0 Å². The molecule has 0 bridgehead atoms. The maximum atomic E-state index is 11.7. The van der Waals surface area contributed by atoms with Crippen molar-refractivity contribution in [2.24, 2.45) is 0 Å². The van der Waals surface area contributed by atoms with E-state index < -0.39 is 0 Å². The summed E-state index contributed by atoms with van der Waals surface area (Å²) in [7, 11) is 1.86. The largest absolute Gasteiger partial charge is 0.368 e. The molecule has 3 heteroatoms. The normalized spacial score (nSPS) is 21.8. The van der Waals surface area contributed by atoms with Gasteiger partial charge in [-0.05, 0) is 19.3 Å². The average molecular weight is 185 g/mol. The minimum atomic E-state index is -0.151. The van der Waals surface area contributed by atoms with Gasteiger partial charge in [-0.15, -0.1) is 0 Å². The van der Waals surface area contributed by atoms with Crippen LogP contribution >= 0.6 is 0 Å². The molecule has 0 aliphatic carbocycles. The van der Waals surface area contributed by atoms with Crippen LogP contribution in [0.1, 0.15) is 32.6 Å². The Kier molecular flexibility index (Phi) is 4.22. The molecule has 1 aliphatic heterocycles.